The van der Waals surface area contributed by atoms with Crippen LogP contribution in [0.1, 0.15) is 15.9 Å². The van der Waals surface area contributed by atoms with Crippen LogP contribution in [0.25, 0.3) is 0 Å². The van der Waals surface area contributed by atoms with Crippen LogP contribution in [0.2, 0.25) is 5.02 Å². The summed E-state index contributed by atoms with van der Waals surface area (Å²) in [6.07, 6.45) is 0. The van der Waals surface area contributed by atoms with Gasteiger partial charge in [-0.3, -0.25) is 4.79 Å². The number of halogens is 1. The van der Waals surface area contributed by atoms with Gasteiger partial charge in [-0.25, -0.2) is 0 Å². The van der Waals surface area contributed by atoms with Crippen LogP contribution in [-0.2, 0) is 0 Å². The van der Waals surface area contributed by atoms with Gasteiger partial charge in [-0.2, -0.15) is 5.26 Å². The van der Waals surface area contributed by atoms with Crippen molar-refractivity contribution in [1.29, 1.82) is 5.26 Å². The van der Waals surface area contributed by atoms with E-state index in [1.54, 1.807) is 36.4 Å². The highest BCUT2D eigenvalue weighted by Gasteiger charge is 2.11. The number of nitriles is 1. The summed E-state index contributed by atoms with van der Waals surface area (Å²) in [4.78, 5) is 11.3. The lowest BCUT2D eigenvalue weighted by Crippen LogP contribution is -2.12. The number of carbonyl (C=O) groups is 1. The van der Waals surface area contributed by atoms with Crippen molar-refractivity contribution in [3.05, 3.63) is 58.6 Å². The summed E-state index contributed by atoms with van der Waals surface area (Å²) < 4.78 is 5.56. The van der Waals surface area contributed by atoms with E-state index in [0.717, 1.165) is 0 Å². The molecule has 2 rings (SSSR count). The number of hydrogen-bond donors (Lipinski definition) is 1. The highest BCUT2D eigenvalue weighted by Crippen LogP contribution is 2.31. The molecule has 0 fully saturated rings. The zero-order valence-corrected chi connectivity index (χ0v) is 10.5. The maximum absolute atomic E-state index is 11.3. The first kappa shape index (κ1) is 12.9. The first-order valence-corrected chi connectivity index (χ1v) is 5.76. The highest BCUT2D eigenvalue weighted by atomic mass is 35.5. The Kier molecular flexibility index (Phi) is 3.69. The molecule has 0 unspecified atom stereocenters. The smallest absolute Gasteiger partial charge is 0.252 e. The number of rotatable bonds is 3. The zero-order chi connectivity index (χ0) is 13.8. The lowest BCUT2D eigenvalue weighted by molar-refractivity contribution is 0.0998. The number of carbonyl (C=O) groups excluding carboxylic acids is 1. The molecule has 0 aliphatic rings. The van der Waals surface area contributed by atoms with E-state index in [4.69, 9.17) is 27.3 Å². The van der Waals surface area contributed by atoms with E-state index >= 15 is 0 Å². The Labute approximate surface area is 115 Å². The largest absolute Gasteiger partial charge is 0.455 e. The van der Waals surface area contributed by atoms with Crippen LogP contribution in [0.15, 0.2) is 42.5 Å². The molecule has 0 aromatic heterocycles. The van der Waals surface area contributed by atoms with Gasteiger partial charge in [0.25, 0.3) is 5.91 Å². The summed E-state index contributed by atoms with van der Waals surface area (Å²) >= 11 is 6.00. The van der Waals surface area contributed by atoms with E-state index < -0.39 is 5.91 Å². The standard InChI is InChI=1S/C14H9ClN2O2/c15-11-7-9(8-16)5-6-13(11)19-12-4-2-1-3-10(12)14(17)18/h1-7H,(H2,17,18). The fourth-order valence-corrected chi connectivity index (χ4v) is 1.75. The Bertz CT molecular complexity index is 677. The van der Waals surface area contributed by atoms with Crippen molar-refractivity contribution >= 4 is 17.5 Å². The number of nitrogens with zero attached hydrogens (tertiary/aromatic N) is 1. The van der Waals surface area contributed by atoms with Crippen molar-refractivity contribution in [3.8, 4) is 17.6 Å². The second-order valence-corrected chi connectivity index (χ2v) is 4.13. The quantitative estimate of drug-likeness (QED) is 0.933. The van der Waals surface area contributed by atoms with E-state index in [2.05, 4.69) is 0 Å². The van der Waals surface area contributed by atoms with Crippen LogP contribution >= 0.6 is 11.6 Å². The molecular formula is C14H9ClN2O2. The Morgan fingerprint density at radius 1 is 1.21 bits per heavy atom. The Hall–Kier alpha value is -2.51. The van der Waals surface area contributed by atoms with Crippen LogP contribution < -0.4 is 10.5 Å². The maximum Gasteiger partial charge on any atom is 0.252 e. The van der Waals surface area contributed by atoms with Gasteiger partial charge >= 0.3 is 0 Å². The SMILES string of the molecule is N#Cc1ccc(Oc2ccccc2C(N)=O)c(Cl)c1. The first-order valence-electron chi connectivity index (χ1n) is 5.38. The zero-order valence-electron chi connectivity index (χ0n) is 9.76. The molecule has 2 N–H and O–H groups in total. The van der Waals surface area contributed by atoms with Gasteiger partial charge in [0.2, 0.25) is 0 Å². The predicted molar refractivity (Wildman–Crippen MR) is 71.2 cm³/mol. The normalized spacial score (nSPS) is 9.68. The molecule has 5 heteroatoms. The fourth-order valence-electron chi connectivity index (χ4n) is 1.53. The van der Waals surface area contributed by atoms with Gasteiger partial charge < -0.3 is 10.5 Å². The van der Waals surface area contributed by atoms with Crippen LogP contribution in [0, 0.1) is 11.3 Å². The molecule has 0 bridgehead atoms. The monoisotopic (exact) mass is 272 g/mol. The van der Waals surface area contributed by atoms with E-state index in [-0.39, 0.29) is 5.56 Å². The number of para-hydroxylation sites is 1. The summed E-state index contributed by atoms with van der Waals surface area (Å²) in [6.45, 7) is 0. The van der Waals surface area contributed by atoms with Gasteiger partial charge in [0.1, 0.15) is 11.5 Å². The Morgan fingerprint density at radius 3 is 2.58 bits per heavy atom. The lowest BCUT2D eigenvalue weighted by Gasteiger charge is -2.10. The summed E-state index contributed by atoms with van der Waals surface area (Å²) in [5, 5.41) is 9.04. The Morgan fingerprint density at radius 2 is 1.95 bits per heavy atom. The summed E-state index contributed by atoms with van der Waals surface area (Å²) in [5.41, 5.74) is 5.95. The van der Waals surface area contributed by atoms with E-state index in [0.29, 0.717) is 22.1 Å². The maximum atomic E-state index is 11.3. The second kappa shape index (κ2) is 5.42. The molecule has 94 valence electrons. The Balaban J connectivity index is 2.37. The molecule has 0 aliphatic carbocycles. The number of hydrogen-bond acceptors (Lipinski definition) is 3. The highest BCUT2D eigenvalue weighted by molar-refractivity contribution is 6.32. The third-order valence-electron chi connectivity index (χ3n) is 2.43. The van der Waals surface area contributed by atoms with E-state index in [9.17, 15) is 4.79 Å². The topological polar surface area (TPSA) is 76.1 Å². The molecule has 0 aliphatic heterocycles. The van der Waals surface area contributed by atoms with Gasteiger partial charge in [0, 0.05) is 0 Å². The molecule has 0 radical (unpaired) electrons. The van der Waals surface area contributed by atoms with Crippen molar-refractivity contribution in [3.63, 3.8) is 0 Å². The number of amides is 1. The van der Waals surface area contributed by atoms with Crippen molar-refractivity contribution in [1.82, 2.24) is 0 Å². The van der Waals surface area contributed by atoms with Crippen LogP contribution in [0.4, 0.5) is 0 Å². The summed E-state index contributed by atoms with van der Waals surface area (Å²) in [7, 11) is 0. The third kappa shape index (κ3) is 2.84. The number of benzene rings is 2. The fraction of sp³-hybridized carbons (Fsp3) is 0. The number of ether oxygens (including phenoxy) is 1. The lowest BCUT2D eigenvalue weighted by atomic mass is 10.2. The summed E-state index contributed by atoms with van der Waals surface area (Å²) in [6, 6.07) is 13.2. The van der Waals surface area contributed by atoms with E-state index in [1.807, 2.05) is 6.07 Å². The van der Waals surface area contributed by atoms with Crippen LogP contribution in [0.3, 0.4) is 0 Å². The molecule has 2 aromatic carbocycles. The molecule has 2 aromatic rings. The van der Waals surface area contributed by atoms with Crippen molar-refractivity contribution in [2.24, 2.45) is 5.73 Å². The van der Waals surface area contributed by atoms with Crippen molar-refractivity contribution < 1.29 is 9.53 Å². The molecule has 0 saturated carbocycles. The van der Waals surface area contributed by atoms with Gasteiger partial charge in [0.15, 0.2) is 0 Å². The molecule has 19 heavy (non-hydrogen) atoms. The average molecular weight is 273 g/mol. The minimum atomic E-state index is -0.583. The van der Waals surface area contributed by atoms with Gasteiger partial charge in [-0.15, -0.1) is 0 Å². The average Bonchev–Trinajstić information content (AvgIpc) is 2.41. The molecule has 0 heterocycles. The first-order chi connectivity index (χ1) is 9.11. The third-order valence-corrected chi connectivity index (χ3v) is 2.73. The second-order valence-electron chi connectivity index (χ2n) is 3.72. The minimum absolute atomic E-state index is 0.267. The van der Waals surface area contributed by atoms with Crippen molar-refractivity contribution in [2.75, 3.05) is 0 Å². The van der Waals surface area contributed by atoms with Gasteiger partial charge in [-0.05, 0) is 30.3 Å². The molecule has 4 nitrogen and oxygen atoms in total. The number of primary amides is 1. The van der Waals surface area contributed by atoms with Gasteiger partial charge in [-0.1, -0.05) is 23.7 Å². The minimum Gasteiger partial charge on any atom is -0.455 e. The molecule has 1 amide bonds. The van der Waals surface area contributed by atoms with Crippen molar-refractivity contribution in [2.45, 2.75) is 0 Å². The molecule has 0 saturated heterocycles. The molecular weight excluding hydrogens is 264 g/mol. The summed E-state index contributed by atoms with van der Waals surface area (Å²) in [5.74, 6) is 0.0938. The predicted octanol–water partition coefficient (Wildman–Crippen LogP) is 3.10. The molecule has 0 atom stereocenters. The number of nitrogens with two attached hydrogens (primary N) is 1. The van der Waals surface area contributed by atoms with Crippen LogP contribution in [0.5, 0.6) is 11.5 Å². The molecule has 0 spiro atoms. The van der Waals surface area contributed by atoms with E-state index in [1.165, 1.54) is 6.07 Å². The van der Waals surface area contributed by atoms with Gasteiger partial charge in [0.05, 0.1) is 22.2 Å². The van der Waals surface area contributed by atoms with Crippen LogP contribution in [-0.4, -0.2) is 5.91 Å².